The van der Waals surface area contributed by atoms with E-state index in [2.05, 4.69) is 5.16 Å². The van der Waals surface area contributed by atoms with Gasteiger partial charge in [-0.05, 0) is 12.1 Å². The lowest BCUT2D eigenvalue weighted by Crippen LogP contribution is -2.44. The molecule has 7 nitrogen and oxygen atoms in total. The Kier molecular flexibility index (Phi) is 4.54. The first-order chi connectivity index (χ1) is 9.65. The number of benzene rings is 1. The van der Waals surface area contributed by atoms with Crippen molar-refractivity contribution >= 4 is 17.4 Å². The van der Waals surface area contributed by atoms with Gasteiger partial charge in [-0.15, -0.1) is 0 Å². The van der Waals surface area contributed by atoms with Crippen molar-refractivity contribution < 1.29 is 19.5 Å². The number of amidine groups is 1. The zero-order chi connectivity index (χ0) is 14.5. The SMILES string of the molecule is CN(C(=O)C1COCCO1)c1ccccc1/C(N)=N/O. The summed E-state index contributed by atoms with van der Waals surface area (Å²) in [7, 11) is 1.61. The van der Waals surface area contributed by atoms with Gasteiger partial charge in [0.25, 0.3) is 5.91 Å². The van der Waals surface area contributed by atoms with Crippen LogP contribution in [0.3, 0.4) is 0 Å². The summed E-state index contributed by atoms with van der Waals surface area (Å²) in [6.45, 7) is 1.12. The minimum atomic E-state index is -0.630. The molecular formula is C13H17N3O4. The molecule has 1 aliphatic heterocycles. The summed E-state index contributed by atoms with van der Waals surface area (Å²) in [5, 5.41) is 11.8. The van der Waals surface area contributed by atoms with Crippen LogP contribution in [0.2, 0.25) is 0 Å². The number of carbonyl (C=O) groups excluding carboxylic acids is 1. The molecule has 0 aliphatic carbocycles. The van der Waals surface area contributed by atoms with Gasteiger partial charge in [0, 0.05) is 12.6 Å². The largest absolute Gasteiger partial charge is 0.409 e. The van der Waals surface area contributed by atoms with Crippen LogP contribution in [0, 0.1) is 0 Å². The Balaban J connectivity index is 2.24. The predicted octanol–water partition coefficient (Wildman–Crippen LogP) is 0.159. The number of rotatable bonds is 3. The van der Waals surface area contributed by atoms with E-state index in [-0.39, 0.29) is 18.3 Å². The summed E-state index contributed by atoms with van der Waals surface area (Å²) < 4.78 is 10.6. The lowest BCUT2D eigenvalue weighted by Gasteiger charge is -2.27. The van der Waals surface area contributed by atoms with Crippen LogP contribution in [-0.2, 0) is 14.3 Å². The Morgan fingerprint density at radius 1 is 1.45 bits per heavy atom. The van der Waals surface area contributed by atoms with Gasteiger partial charge >= 0.3 is 0 Å². The molecular weight excluding hydrogens is 262 g/mol. The molecule has 3 N–H and O–H groups in total. The minimum absolute atomic E-state index is 0.0546. The average molecular weight is 279 g/mol. The van der Waals surface area contributed by atoms with Crippen molar-refractivity contribution in [2.75, 3.05) is 31.8 Å². The topological polar surface area (TPSA) is 97.4 Å². The van der Waals surface area contributed by atoms with Gasteiger partial charge in [0.2, 0.25) is 0 Å². The van der Waals surface area contributed by atoms with Crippen LogP contribution in [0.4, 0.5) is 5.69 Å². The van der Waals surface area contributed by atoms with Crippen LogP contribution in [-0.4, -0.2) is 49.9 Å². The Labute approximate surface area is 116 Å². The number of amides is 1. The fourth-order valence-corrected chi connectivity index (χ4v) is 2.00. The van der Waals surface area contributed by atoms with Crippen LogP contribution in [0.25, 0.3) is 0 Å². The highest BCUT2D eigenvalue weighted by atomic mass is 16.6. The van der Waals surface area contributed by atoms with Crippen LogP contribution in [0.1, 0.15) is 5.56 Å². The Bertz CT molecular complexity index is 512. The van der Waals surface area contributed by atoms with Crippen LogP contribution in [0.5, 0.6) is 0 Å². The molecule has 1 aromatic carbocycles. The maximum absolute atomic E-state index is 12.3. The summed E-state index contributed by atoms with van der Waals surface area (Å²) in [5.41, 5.74) is 6.64. The molecule has 0 bridgehead atoms. The number of oxime groups is 1. The number of carbonyl (C=O) groups is 1. The number of hydrogen-bond donors (Lipinski definition) is 2. The molecule has 1 saturated heterocycles. The minimum Gasteiger partial charge on any atom is -0.409 e. The fourth-order valence-electron chi connectivity index (χ4n) is 2.00. The zero-order valence-electron chi connectivity index (χ0n) is 11.2. The molecule has 0 spiro atoms. The van der Waals surface area contributed by atoms with Gasteiger partial charge in [0.15, 0.2) is 11.9 Å². The van der Waals surface area contributed by atoms with E-state index in [9.17, 15) is 4.79 Å². The fraction of sp³-hybridized carbons (Fsp3) is 0.385. The van der Waals surface area contributed by atoms with Crippen molar-refractivity contribution in [1.29, 1.82) is 0 Å². The number of likely N-dealkylation sites (N-methyl/N-ethyl adjacent to an activating group) is 1. The summed E-state index contributed by atoms with van der Waals surface area (Å²) >= 11 is 0. The molecule has 1 aromatic rings. The van der Waals surface area contributed by atoms with Gasteiger partial charge in [-0.2, -0.15) is 0 Å². The van der Waals surface area contributed by atoms with Gasteiger partial charge in [-0.3, -0.25) is 4.79 Å². The van der Waals surface area contributed by atoms with E-state index in [1.807, 2.05) is 0 Å². The number of nitrogens with zero attached hydrogens (tertiary/aromatic N) is 2. The highest BCUT2D eigenvalue weighted by Crippen LogP contribution is 2.20. The molecule has 1 amide bonds. The van der Waals surface area contributed by atoms with Crippen molar-refractivity contribution in [3.63, 3.8) is 0 Å². The highest BCUT2D eigenvalue weighted by Gasteiger charge is 2.27. The van der Waals surface area contributed by atoms with Gasteiger partial charge in [-0.25, -0.2) is 0 Å². The smallest absolute Gasteiger partial charge is 0.258 e. The summed E-state index contributed by atoms with van der Waals surface area (Å²) in [4.78, 5) is 13.8. The molecule has 1 fully saturated rings. The number of ether oxygens (including phenoxy) is 2. The maximum Gasteiger partial charge on any atom is 0.258 e. The first-order valence-electron chi connectivity index (χ1n) is 6.19. The normalized spacial score (nSPS) is 19.6. The monoisotopic (exact) mass is 279 g/mol. The summed E-state index contributed by atoms with van der Waals surface area (Å²) in [6.07, 6.45) is -0.630. The third-order valence-corrected chi connectivity index (χ3v) is 3.07. The van der Waals surface area contributed by atoms with Crippen molar-refractivity contribution in [3.8, 4) is 0 Å². The second kappa shape index (κ2) is 6.36. The number of nitrogens with two attached hydrogens (primary N) is 1. The third-order valence-electron chi connectivity index (χ3n) is 3.07. The second-order valence-corrected chi connectivity index (χ2v) is 4.33. The van der Waals surface area contributed by atoms with Crippen LogP contribution in [0.15, 0.2) is 29.4 Å². The van der Waals surface area contributed by atoms with Gasteiger partial charge in [-0.1, -0.05) is 17.3 Å². The van der Waals surface area contributed by atoms with E-state index in [0.717, 1.165) is 0 Å². The van der Waals surface area contributed by atoms with Gasteiger partial charge in [0.1, 0.15) is 0 Å². The van der Waals surface area contributed by atoms with E-state index in [0.29, 0.717) is 24.5 Å². The lowest BCUT2D eigenvalue weighted by molar-refractivity contribution is -0.144. The quantitative estimate of drug-likeness (QED) is 0.355. The summed E-state index contributed by atoms with van der Waals surface area (Å²) in [5.74, 6) is -0.288. The predicted molar refractivity (Wildman–Crippen MR) is 72.9 cm³/mol. The van der Waals surface area contributed by atoms with E-state index in [1.165, 1.54) is 4.90 Å². The molecule has 2 rings (SSSR count). The highest BCUT2D eigenvalue weighted by molar-refractivity contribution is 6.07. The molecule has 108 valence electrons. The van der Waals surface area contributed by atoms with Gasteiger partial charge in [0.05, 0.1) is 25.5 Å². The first-order valence-corrected chi connectivity index (χ1v) is 6.19. The zero-order valence-corrected chi connectivity index (χ0v) is 11.2. The Morgan fingerprint density at radius 3 is 2.85 bits per heavy atom. The van der Waals surface area contributed by atoms with Crippen molar-refractivity contribution in [2.24, 2.45) is 10.9 Å². The second-order valence-electron chi connectivity index (χ2n) is 4.33. The number of anilines is 1. The van der Waals surface area contributed by atoms with Crippen molar-refractivity contribution in [3.05, 3.63) is 29.8 Å². The summed E-state index contributed by atoms with van der Waals surface area (Å²) in [6, 6.07) is 6.91. The van der Waals surface area contributed by atoms with E-state index < -0.39 is 6.10 Å². The molecule has 1 aliphatic rings. The Hall–Kier alpha value is -2.12. The van der Waals surface area contributed by atoms with Crippen LogP contribution >= 0.6 is 0 Å². The standard InChI is InChI=1S/C13H17N3O4/c1-16(13(17)11-8-19-6-7-20-11)10-5-3-2-4-9(10)12(14)15-18/h2-5,11,18H,6-8H2,1H3,(H2,14,15). The average Bonchev–Trinajstić information content (AvgIpc) is 2.53. The molecule has 0 aromatic heterocycles. The first kappa shape index (κ1) is 14.3. The molecule has 1 heterocycles. The molecule has 20 heavy (non-hydrogen) atoms. The molecule has 1 atom stereocenters. The lowest BCUT2D eigenvalue weighted by atomic mass is 10.1. The maximum atomic E-state index is 12.3. The number of para-hydroxylation sites is 1. The van der Waals surface area contributed by atoms with Gasteiger partial charge < -0.3 is 25.3 Å². The molecule has 1 unspecified atom stereocenters. The van der Waals surface area contributed by atoms with Crippen molar-refractivity contribution in [2.45, 2.75) is 6.10 Å². The molecule has 0 saturated carbocycles. The van der Waals surface area contributed by atoms with Crippen molar-refractivity contribution in [1.82, 2.24) is 0 Å². The van der Waals surface area contributed by atoms with E-state index in [1.54, 1.807) is 31.3 Å². The Morgan fingerprint density at radius 2 is 2.20 bits per heavy atom. The third kappa shape index (κ3) is 2.89. The van der Waals surface area contributed by atoms with E-state index in [4.69, 9.17) is 20.4 Å². The number of hydrogen-bond acceptors (Lipinski definition) is 5. The molecule has 7 heteroatoms. The van der Waals surface area contributed by atoms with E-state index >= 15 is 0 Å². The molecule has 0 radical (unpaired) electrons. The van der Waals surface area contributed by atoms with Crippen LogP contribution < -0.4 is 10.6 Å².